The molecule has 1 N–H and O–H groups in total. The number of hydrogen-bond donors (Lipinski definition) is 1. The van der Waals surface area contributed by atoms with E-state index in [1.807, 2.05) is 63.6 Å². The highest BCUT2D eigenvalue weighted by atomic mass is 127. The number of carbonyl (C=O) groups is 1. The minimum Gasteiger partial charge on any atom is -1.00 e. The second-order valence-corrected chi connectivity index (χ2v) is 13.7. The molecule has 0 saturated carbocycles. The maximum Gasteiger partial charge on any atom is 0.307 e. The summed E-state index contributed by atoms with van der Waals surface area (Å²) in [6, 6.07) is 20.3. The Bertz CT molecular complexity index is 1370. The van der Waals surface area contributed by atoms with Crippen LogP contribution in [-0.4, -0.2) is 52.6 Å². The molecular weight excluding hydrogens is 655 g/mol. The number of sulfonamides is 1. The average Bonchev–Trinajstić information content (AvgIpc) is 3.37. The number of carbonyl (C=O) groups excluding carboxylic acids is 1. The molecule has 9 heteroatoms. The van der Waals surface area contributed by atoms with E-state index in [0.29, 0.717) is 15.9 Å². The number of hydrogen-bond acceptors (Lipinski definition) is 5. The van der Waals surface area contributed by atoms with Gasteiger partial charge < -0.3 is 33.2 Å². The Morgan fingerprint density at radius 3 is 2.30 bits per heavy atom. The van der Waals surface area contributed by atoms with Gasteiger partial charge in [0.05, 0.1) is 45.0 Å². The third kappa shape index (κ3) is 12.1. The van der Waals surface area contributed by atoms with E-state index in [9.17, 15) is 13.2 Å². The molecule has 3 aromatic rings. The number of halogens is 1. The van der Waals surface area contributed by atoms with Crippen LogP contribution in [0.4, 0.5) is 0 Å². The first kappa shape index (κ1) is 34.0. The van der Waals surface area contributed by atoms with E-state index in [0.717, 1.165) is 28.9 Å². The number of nitrogens with zero attached hydrogens (tertiary/aromatic N) is 1. The van der Waals surface area contributed by atoms with Crippen molar-refractivity contribution in [2.75, 3.05) is 27.7 Å². The molecule has 1 aromatic heterocycles. The van der Waals surface area contributed by atoms with Crippen LogP contribution in [0.3, 0.4) is 0 Å². The molecule has 2 aromatic carbocycles. The molecule has 40 heavy (non-hydrogen) atoms. The van der Waals surface area contributed by atoms with E-state index in [4.69, 9.17) is 4.74 Å². The number of rotatable bonds is 13. The lowest BCUT2D eigenvalue weighted by Gasteiger charge is -2.29. The summed E-state index contributed by atoms with van der Waals surface area (Å²) in [5.74, 6) is 5.76. The molecule has 3 rings (SSSR count). The Kier molecular flexibility index (Phi) is 13.8. The van der Waals surface area contributed by atoms with Crippen LogP contribution in [-0.2, 0) is 32.6 Å². The van der Waals surface area contributed by atoms with Crippen molar-refractivity contribution >= 4 is 27.3 Å². The predicted octanol–water partition coefficient (Wildman–Crippen LogP) is 2.37. The molecular formula is C31H39IN2O4S2. The normalized spacial score (nSPS) is 12.1. The fraction of sp³-hybridized carbons (Fsp3) is 0.387. The summed E-state index contributed by atoms with van der Waals surface area (Å²) in [5, 5.41) is 0. The Morgan fingerprint density at radius 1 is 0.950 bits per heavy atom. The van der Waals surface area contributed by atoms with Crippen molar-refractivity contribution < 1.29 is 46.4 Å². The Hall–Kier alpha value is -2.23. The van der Waals surface area contributed by atoms with Crippen LogP contribution >= 0.6 is 11.3 Å². The summed E-state index contributed by atoms with van der Waals surface area (Å²) in [6.07, 6.45) is 4.63. The Morgan fingerprint density at radius 2 is 1.65 bits per heavy atom. The van der Waals surface area contributed by atoms with Crippen LogP contribution in [0.1, 0.15) is 54.2 Å². The molecule has 6 nitrogen and oxygen atoms in total. The molecule has 0 saturated heterocycles. The van der Waals surface area contributed by atoms with E-state index in [1.54, 1.807) is 12.1 Å². The summed E-state index contributed by atoms with van der Waals surface area (Å²) < 4.78 is 35.2. The van der Waals surface area contributed by atoms with Crippen LogP contribution in [0.25, 0.3) is 0 Å². The first-order valence-electron chi connectivity index (χ1n) is 13.3. The number of thiophene rings is 1. The highest BCUT2D eigenvalue weighted by Gasteiger charge is 2.28. The number of ether oxygens (including phenoxy) is 1. The van der Waals surface area contributed by atoms with E-state index < -0.39 is 22.0 Å². The lowest BCUT2D eigenvalue weighted by molar-refractivity contribution is -0.871. The third-order valence-electron chi connectivity index (χ3n) is 5.94. The summed E-state index contributed by atoms with van der Waals surface area (Å²) in [4.78, 5) is 13.2. The van der Waals surface area contributed by atoms with Gasteiger partial charge in [0, 0.05) is 5.56 Å². The lowest BCUT2D eigenvalue weighted by atomic mass is 10.1. The van der Waals surface area contributed by atoms with Crippen molar-refractivity contribution in [1.82, 2.24) is 4.72 Å². The molecule has 216 valence electrons. The quantitative estimate of drug-likeness (QED) is 0.0982. The van der Waals surface area contributed by atoms with Crippen LogP contribution in [0.2, 0.25) is 0 Å². The molecule has 1 atom stereocenters. The van der Waals surface area contributed by atoms with Gasteiger partial charge in [-0.2, -0.15) is 0 Å². The fourth-order valence-electron chi connectivity index (χ4n) is 4.08. The fourth-order valence-corrected chi connectivity index (χ4v) is 6.48. The zero-order valence-corrected chi connectivity index (χ0v) is 27.4. The van der Waals surface area contributed by atoms with Crippen molar-refractivity contribution in [3.63, 3.8) is 0 Å². The second kappa shape index (κ2) is 16.3. The van der Waals surface area contributed by atoms with Gasteiger partial charge in [0.25, 0.3) is 10.0 Å². The second-order valence-electron chi connectivity index (χ2n) is 10.7. The smallest absolute Gasteiger partial charge is 0.307 e. The number of quaternary nitrogens is 1. The predicted molar refractivity (Wildman–Crippen MR) is 158 cm³/mol. The van der Waals surface area contributed by atoms with Crippen LogP contribution < -0.4 is 28.7 Å². The first-order valence-corrected chi connectivity index (χ1v) is 15.6. The van der Waals surface area contributed by atoms with Crippen molar-refractivity contribution in [3.8, 4) is 11.8 Å². The summed E-state index contributed by atoms with van der Waals surface area (Å²) in [7, 11) is 2.01. The minimum atomic E-state index is -3.84. The summed E-state index contributed by atoms with van der Waals surface area (Å²) in [5.41, 5.74) is 3.07. The van der Waals surface area contributed by atoms with Gasteiger partial charge in [0.1, 0.15) is 10.8 Å². The van der Waals surface area contributed by atoms with Crippen LogP contribution in [0, 0.1) is 11.8 Å². The lowest BCUT2D eigenvalue weighted by Crippen LogP contribution is -3.00. The largest absolute Gasteiger partial charge is 1.00 e. The Labute approximate surface area is 260 Å². The van der Waals surface area contributed by atoms with Crippen molar-refractivity contribution in [2.24, 2.45) is 0 Å². The molecule has 1 unspecified atom stereocenters. The number of esters is 1. The maximum absolute atomic E-state index is 13.2. The zero-order chi connectivity index (χ0) is 28.3. The molecule has 0 spiro atoms. The van der Waals surface area contributed by atoms with Gasteiger partial charge in [-0.25, -0.2) is 13.1 Å². The molecule has 0 bridgehead atoms. The average molecular weight is 695 g/mol. The molecule has 0 aliphatic rings. The minimum absolute atomic E-state index is 0. The molecule has 0 aliphatic carbocycles. The standard InChI is InChI=1S/C31H39N2O4S2.HI/c1-5-6-8-11-25-14-16-26(17-15-25)18-19-29-20-21-31(38-29)39(35,36)32-28(23-33(2,3)4)22-30(34)37-24-27-12-9-7-10-13-27;/h7,9-10,12-17,20-21,28,32H,5-6,8,11,22-24H2,1-4H3;1H/q+1;/p-1. The highest BCUT2D eigenvalue weighted by molar-refractivity contribution is 7.91. The molecule has 0 amide bonds. The molecule has 0 fully saturated rings. The van der Waals surface area contributed by atoms with Gasteiger partial charge in [-0.15, -0.1) is 11.3 Å². The van der Waals surface area contributed by atoms with E-state index in [2.05, 4.69) is 35.6 Å². The zero-order valence-electron chi connectivity index (χ0n) is 23.7. The van der Waals surface area contributed by atoms with Crippen LogP contribution in [0.5, 0.6) is 0 Å². The van der Waals surface area contributed by atoms with Gasteiger partial charge in [0.2, 0.25) is 0 Å². The van der Waals surface area contributed by atoms with Crippen LogP contribution in [0.15, 0.2) is 70.9 Å². The molecule has 0 aliphatic heterocycles. The number of benzene rings is 2. The van der Waals surface area contributed by atoms with E-state index in [1.165, 1.54) is 24.8 Å². The monoisotopic (exact) mass is 694 g/mol. The summed E-state index contributed by atoms with van der Waals surface area (Å²) in [6.45, 7) is 2.77. The maximum atomic E-state index is 13.2. The number of aryl methyl sites for hydroxylation is 1. The molecule has 1 heterocycles. The summed E-state index contributed by atoms with van der Waals surface area (Å²) >= 11 is 1.12. The van der Waals surface area contributed by atoms with Crippen molar-refractivity contribution in [2.45, 2.75) is 55.9 Å². The molecule has 0 radical (unpaired) electrons. The van der Waals surface area contributed by atoms with Crippen molar-refractivity contribution in [1.29, 1.82) is 0 Å². The van der Waals surface area contributed by atoms with E-state index >= 15 is 0 Å². The third-order valence-corrected chi connectivity index (χ3v) is 8.96. The number of nitrogens with one attached hydrogen (secondary N) is 1. The number of unbranched alkanes of at least 4 members (excludes halogenated alkanes) is 2. The SMILES string of the molecule is CCCCCc1ccc(C#Cc2ccc(S(=O)(=O)NC(CC(=O)OCc3ccccc3)C[N+](C)(C)C)s2)cc1.[I-]. The van der Waals surface area contributed by atoms with Gasteiger partial charge >= 0.3 is 5.97 Å². The van der Waals surface area contributed by atoms with Gasteiger partial charge in [-0.1, -0.05) is 74.1 Å². The van der Waals surface area contributed by atoms with Gasteiger partial charge in [-0.05, 0) is 48.2 Å². The van der Waals surface area contributed by atoms with Crippen molar-refractivity contribution in [3.05, 3.63) is 88.3 Å². The van der Waals surface area contributed by atoms with Gasteiger partial charge in [-0.3, -0.25) is 4.79 Å². The Balaban J connectivity index is 0.00000560. The highest BCUT2D eigenvalue weighted by Crippen LogP contribution is 2.22. The first-order chi connectivity index (χ1) is 18.5. The number of likely N-dealkylation sites (N-methyl/N-ethyl adjacent to an activating group) is 1. The van der Waals surface area contributed by atoms with Gasteiger partial charge in [0.15, 0.2) is 0 Å². The van der Waals surface area contributed by atoms with E-state index in [-0.39, 0.29) is 41.2 Å². The topological polar surface area (TPSA) is 72.5 Å².